The molecule has 0 bridgehead atoms. The standard InChI is InChI=1S/C13H17ClN2S/c1-13(7-2-3-8-13)16-10-6-4-5-9(14)11(10)12(15)17/h4-6,16H,2-3,7-8H2,1H3,(H2,15,17). The quantitative estimate of drug-likeness (QED) is 0.821. The van der Waals surface area contributed by atoms with Gasteiger partial charge < -0.3 is 11.1 Å². The van der Waals surface area contributed by atoms with Crippen LogP contribution >= 0.6 is 23.8 Å². The number of nitrogens with two attached hydrogens (primary N) is 1. The highest BCUT2D eigenvalue weighted by Gasteiger charge is 2.29. The summed E-state index contributed by atoms with van der Waals surface area (Å²) >= 11 is 11.2. The van der Waals surface area contributed by atoms with Crippen molar-refractivity contribution >= 4 is 34.5 Å². The van der Waals surface area contributed by atoms with Crippen molar-refractivity contribution in [2.75, 3.05) is 5.32 Å². The molecule has 1 aromatic carbocycles. The first-order valence-corrected chi connectivity index (χ1v) is 6.67. The van der Waals surface area contributed by atoms with Crippen molar-refractivity contribution in [1.29, 1.82) is 0 Å². The van der Waals surface area contributed by atoms with Crippen molar-refractivity contribution in [2.45, 2.75) is 38.1 Å². The Hall–Kier alpha value is -0.800. The van der Waals surface area contributed by atoms with E-state index >= 15 is 0 Å². The Morgan fingerprint density at radius 3 is 2.65 bits per heavy atom. The van der Waals surface area contributed by atoms with Crippen LogP contribution in [0.15, 0.2) is 18.2 Å². The van der Waals surface area contributed by atoms with Crippen molar-refractivity contribution in [1.82, 2.24) is 0 Å². The second-order valence-electron chi connectivity index (χ2n) is 4.92. The first kappa shape index (κ1) is 12.7. The average molecular weight is 269 g/mol. The van der Waals surface area contributed by atoms with Gasteiger partial charge in [-0.3, -0.25) is 0 Å². The molecule has 0 spiro atoms. The van der Waals surface area contributed by atoms with Crippen LogP contribution in [0.25, 0.3) is 0 Å². The molecule has 0 saturated heterocycles. The average Bonchev–Trinajstić information content (AvgIpc) is 2.64. The van der Waals surface area contributed by atoms with Gasteiger partial charge in [-0.2, -0.15) is 0 Å². The molecule has 0 amide bonds. The number of nitrogens with one attached hydrogen (secondary N) is 1. The fraction of sp³-hybridized carbons (Fsp3) is 0.462. The Bertz CT molecular complexity index is 439. The minimum atomic E-state index is 0.143. The SMILES string of the molecule is CC1(Nc2cccc(Cl)c2C(N)=S)CCCC1. The van der Waals surface area contributed by atoms with Gasteiger partial charge >= 0.3 is 0 Å². The topological polar surface area (TPSA) is 38.0 Å². The summed E-state index contributed by atoms with van der Waals surface area (Å²) in [7, 11) is 0. The molecule has 0 aliphatic heterocycles. The van der Waals surface area contributed by atoms with Gasteiger partial charge in [0.15, 0.2) is 0 Å². The fourth-order valence-electron chi connectivity index (χ4n) is 2.48. The lowest BCUT2D eigenvalue weighted by Crippen LogP contribution is -2.32. The van der Waals surface area contributed by atoms with Crippen LogP contribution in [-0.2, 0) is 0 Å². The van der Waals surface area contributed by atoms with E-state index in [-0.39, 0.29) is 5.54 Å². The first-order chi connectivity index (χ1) is 8.02. The molecule has 92 valence electrons. The lowest BCUT2D eigenvalue weighted by atomic mass is 9.99. The molecule has 2 rings (SSSR count). The van der Waals surface area contributed by atoms with Gasteiger partial charge in [-0.25, -0.2) is 0 Å². The van der Waals surface area contributed by atoms with Gasteiger partial charge in [0, 0.05) is 11.2 Å². The predicted octanol–water partition coefficient (Wildman–Crippen LogP) is 3.72. The number of hydrogen-bond acceptors (Lipinski definition) is 2. The zero-order valence-electron chi connectivity index (χ0n) is 9.92. The maximum atomic E-state index is 6.15. The summed E-state index contributed by atoms with van der Waals surface area (Å²) < 4.78 is 0. The Morgan fingerprint density at radius 2 is 2.06 bits per heavy atom. The van der Waals surface area contributed by atoms with Gasteiger partial charge in [-0.1, -0.05) is 42.7 Å². The molecular formula is C13H17ClN2S. The lowest BCUT2D eigenvalue weighted by Gasteiger charge is -2.28. The molecule has 1 aromatic rings. The number of thiocarbonyl (C=S) groups is 1. The molecule has 0 radical (unpaired) electrons. The summed E-state index contributed by atoms with van der Waals surface area (Å²) in [6.07, 6.45) is 4.89. The van der Waals surface area contributed by atoms with Crippen LogP contribution in [0.5, 0.6) is 0 Å². The summed E-state index contributed by atoms with van der Waals surface area (Å²) in [6, 6.07) is 5.73. The molecule has 0 unspecified atom stereocenters. The predicted molar refractivity (Wildman–Crippen MR) is 77.8 cm³/mol. The lowest BCUT2D eigenvalue weighted by molar-refractivity contribution is 0.533. The molecule has 1 aliphatic carbocycles. The normalized spacial score (nSPS) is 18.0. The van der Waals surface area contributed by atoms with Crippen molar-refractivity contribution in [3.63, 3.8) is 0 Å². The highest BCUT2D eigenvalue weighted by Crippen LogP contribution is 2.35. The number of anilines is 1. The molecule has 2 nitrogen and oxygen atoms in total. The summed E-state index contributed by atoms with van der Waals surface area (Å²) in [6.45, 7) is 2.24. The van der Waals surface area contributed by atoms with E-state index in [1.54, 1.807) is 0 Å². The zero-order chi connectivity index (χ0) is 12.5. The third kappa shape index (κ3) is 2.72. The van der Waals surface area contributed by atoms with E-state index in [1.165, 1.54) is 25.7 Å². The third-order valence-electron chi connectivity index (χ3n) is 3.40. The number of hydrogen-bond donors (Lipinski definition) is 2. The maximum Gasteiger partial charge on any atom is 0.107 e. The van der Waals surface area contributed by atoms with Gasteiger partial charge in [0.05, 0.1) is 10.6 Å². The zero-order valence-corrected chi connectivity index (χ0v) is 11.5. The Kier molecular flexibility index (Phi) is 3.59. The van der Waals surface area contributed by atoms with E-state index in [4.69, 9.17) is 29.6 Å². The van der Waals surface area contributed by atoms with Gasteiger partial charge in [0.25, 0.3) is 0 Å². The molecular weight excluding hydrogens is 252 g/mol. The van der Waals surface area contributed by atoms with Crippen LogP contribution in [0.3, 0.4) is 0 Å². The first-order valence-electron chi connectivity index (χ1n) is 5.88. The number of benzene rings is 1. The van der Waals surface area contributed by atoms with E-state index in [2.05, 4.69) is 12.2 Å². The minimum absolute atomic E-state index is 0.143. The third-order valence-corrected chi connectivity index (χ3v) is 3.92. The van der Waals surface area contributed by atoms with Gasteiger partial charge in [-0.05, 0) is 31.9 Å². The van der Waals surface area contributed by atoms with E-state index < -0.39 is 0 Å². The summed E-state index contributed by atoms with van der Waals surface area (Å²) in [4.78, 5) is 0.347. The molecule has 1 saturated carbocycles. The summed E-state index contributed by atoms with van der Waals surface area (Å²) in [5.74, 6) is 0. The minimum Gasteiger partial charge on any atom is -0.389 e. The highest BCUT2D eigenvalue weighted by molar-refractivity contribution is 7.80. The summed E-state index contributed by atoms with van der Waals surface area (Å²) in [5, 5.41) is 4.17. The van der Waals surface area contributed by atoms with Crippen LogP contribution in [0.2, 0.25) is 5.02 Å². The molecule has 1 fully saturated rings. The van der Waals surface area contributed by atoms with Crippen molar-refractivity contribution < 1.29 is 0 Å². The monoisotopic (exact) mass is 268 g/mol. The highest BCUT2D eigenvalue weighted by atomic mass is 35.5. The van der Waals surface area contributed by atoms with Crippen LogP contribution in [0.1, 0.15) is 38.2 Å². The van der Waals surface area contributed by atoms with E-state index in [0.717, 1.165) is 11.3 Å². The van der Waals surface area contributed by atoms with E-state index in [9.17, 15) is 0 Å². The molecule has 0 heterocycles. The molecule has 0 atom stereocenters. The van der Waals surface area contributed by atoms with Gasteiger partial charge in [0.2, 0.25) is 0 Å². The van der Waals surface area contributed by atoms with Crippen LogP contribution in [-0.4, -0.2) is 10.5 Å². The molecule has 17 heavy (non-hydrogen) atoms. The number of halogens is 1. The fourth-order valence-corrected chi connectivity index (χ4v) is 3.04. The van der Waals surface area contributed by atoms with E-state index in [0.29, 0.717) is 10.0 Å². The van der Waals surface area contributed by atoms with Crippen molar-refractivity contribution in [2.24, 2.45) is 5.73 Å². The van der Waals surface area contributed by atoms with Crippen molar-refractivity contribution in [3.05, 3.63) is 28.8 Å². The summed E-state index contributed by atoms with van der Waals surface area (Å²) in [5.41, 5.74) is 7.60. The van der Waals surface area contributed by atoms with Crippen LogP contribution < -0.4 is 11.1 Å². The van der Waals surface area contributed by atoms with E-state index in [1.807, 2.05) is 18.2 Å². The second kappa shape index (κ2) is 4.83. The Morgan fingerprint density at radius 1 is 1.41 bits per heavy atom. The number of rotatable bonds is 3. The Balaban J connectivity index is 2.32. The van der Waals surface area contributed by atoms with Crippen LogP contribution in [0, 0.1) is 0 Å². The van der Waals surface area contributed by atoms with Gasteiger partial charge in [-0.15, -0.1) is 0 Å². The Labute approximate surface area is 113 Å². The smallest absolute Gasteiger partial charge is 0.107 e. The van der Waals surface area contributed by atoms with Crippen molar-refractivity contribution in [3.8, 4) is 0 Å². The molecule has 3 N–H and O–H groups in total. The maximum absolute atomic E-state index is 6.15. The van der Waals surface area contributed by atoms with Crippen LogP contribution in [0.4, 0.5) is 5.69 Å². The van der Waals surface area contributed by atoms with Gasteiger partial charge in [0.1, 0.15) is 4.99 Å². The largest absolute Gasteiger partial charge is 0.389 e. The molecule has 1 aliphatic rings. The molecule has 0 aromatic heterocycles. The second-order valence-corrected chi connectivity index (χ2v) is 5.77. The molecule has 4 heteroatoms.